The highest BCUT2D eigenvalue weighted by Crippen LogP contribution is 2.60. The molecule has 15 heavy (non-hydrogen) atoms. The number of amides is 1. The van der Waals surface area contributed by atoms with E-state index < -0.39 is 5.41 Å². The summed E-state index contributed by atoms with van der Waals surface area (Å²) < 4.78 is 0. The van der Waals surface area contributed by atoms with Crippen LogP contribution in [-0.2, 0) is 9.59 Å². The van der Waals surface area contributed by atoms with Crippen LogP contribution in [0.1, 0.15) is 33.1 Å². The highest BCUT2D eigenvalue weighted by atomic mass is 16.2. The largest absolute Gasteiger partial charge is 0.348 e. The van der Waals surface area contributed by atoms with Gasteiger partial charge in [0.25, 0.3) is 0 Å². The molecule has 2 saturated carbocycles. The van der Waals surface area contributed by atoms with Crippen molar-refractivity contribution in [1.82, 2.24) is 4.90 Å². The highest BCUT2D eigenvalue weighted by molar-refractivity contribution is 6.10. The van der Waals surface area contributed by atoms with Crippen LogP contribution < -0.4 is 0 Å². The van der Waals surface area contributed by atoms with Crippen molar-refractivity contribution in [2.45, 2.75) is 33.1 Å². The number of hydrogen-bond donors (Lipinski definition) is 0. The molecule has 0 radical (unpaired) electrons. The van der Waals surface area contributed by atoms with Gasteiger partial charge < -0.3 is 4.90 Å². The zero-order chi connectivity index (χ0) is 11.4. The Bertz CT molecular complexity index is 333. The number of rotatable bonds is 1. The molecule has 84 valence electrons. The van der Waals surface area contributed by atoms with Crippen LogP contribution >= 0.6 is 0 Å². The fraction of sp³-hybridized carbons (Fsp3) is 0.833. The number of ketones is 1. The number of carbonyl (C=O) groups is 2. The molecule has 0 N–H and O–H groups in total. The average molecular weight is 209 g/mol. The summed E-state index contributed by atoms with van der Waals surface area (Å²) >= 11 is 0. The van der Waals surface area contributed by atoms with Crippen LogP contribution in [0.15, 0.2) is 0 Å². The summed E-state index contributed by atoms with van der Waals surface area (Å²) in [5.41, 5.74) is -0.957. The summed E-state index contributed by atoms with van der Waals surface area (Å²) in [6.07, 6.45) is 2.56. The monoisotopic (exact) mass is 209 g/mol. The lowest BCUT2D eigenvalue weighted by molar-refractivity contribution is -0.149. The smallest absolute Gasteiger partial charge is 0.235 e. The number of Topliss-reactive ketones (excluding diaryl/α,β-unsaturated/α-hetero) is 1. The lowest BCUT2D eigenvalue weighted by Gasteiger charge is -2.33. The molecular formula is C12H19NO2. The van der Waals surface area contributed by atoms with E-state index in [1.807, 2.05) is 13.8 Å². The van der Waals surface area contributed by atoms with E-state index in [0.29, 0.717) is 5.92 Å². The van der Waals surface area contributed by atoms with Crippen LogP contribution in [0.3, 0.4) is 0 Å². The number of nitrogens with zero attached hydrogens (tertiary/aromatic N) is 1. The summed E-state index contributed by atoms with van der Waals surface area (Å²) in [6.45, 7) is 3.98. The first-order valence-corrected chi connectivity index (χ1v) is 5.59. The summed E-state index contributed by atoms with van der Waals surface area (Å²) in [4.78, 5) is 26.0. The average Bonchev–Trinajstić information content (AvgIpc) is 2.66. The van der Waals surface area contributed by atoms with Crippen molar-refractivity contribution in [2.24, 2.45) is 16.7 Å². The first-order chi connectivity index (χ1) is 6.82. The van der Waals surface area contributed by atoms with Gasteiger partial charge in [0.15, 0.2) is 5.78 Å². The molecule has 0 unspecified atom stereocenters. The Kier molecular flexibility index (Phi) is 2.01. The van der Waals surface area contributed by atoms with E-state index in [-0.39, 0.29) is 17.1 Å². The van der Waals surface area contributed by atoms with Gasteiger partial charge in [-0.25, -0.2) is 0 Å². The van der Waals surface area contributed by atoms with Gasteiger partial charge in [-0.15, -0.1) is 0 Å². The molecule has 2 aliphatic carbocycles. The van der Waals surface area contributed by atoms with E-state index in [1.54, 1.807) is 19.0 Å². The van der Waals surface area contributed by atoms with E-state index in [9.17, 15) is 9.59 Å². The third-order valence-electron chi connectivity index (χ3n) is 4.37. The van der Waals surface area contributed by atoms with Gasteiger partial charge in [-0.05, 0) is 25.2 Å². The Labute approximate surface area is 90.8 Å². The van der Waals surface area contributed by atoms with Crippen LogP contribution in [0, 0.1) is 16.7 Å². The molecule has 0 aromatic heterocycles. The van der Waals surface area contributed by atoms with Crippen LogP contribution in [0.4, 0.5) is 0 Å². The predicted octanol–water partition coefficient (Wildman–Crippen LogP) is 1.47. The van der Waals surface area contributed by atoms with E-state index in [4.69, 9.17) is 0 Å². The second-order valence-corrected chi connectivity index (χ2v) is 5.77. The minimum Gasteiger partial charge on any atom is -0.348 e. The zero-order valence-corrected chi connectivity index (χ0v) is 9.96. The Morgan fingerprint density at radius 3 is 2.40 bits per heavy atom. The molecule has 2 aliphatic rings. The number of hydrogen-bond acceptors (Lipinski definition) is 2. The summed E-state index contributed by atoms with van der Waals surface area (Å²) in [5.74, 6) is 0.597. The van der Waals surface area contributed by atoms with Crippen LogP contribution in [0.25, 0.3) is 0 Å². The maximum absolute atomic E-state index is 12.3. The third-order valence-corrected chi connectivity index (χ3v) is 4.37. The Balaban J connectivity index is 2.39. The second-order valence-electron chi connectivity index (χ2n) is 5.77. The van der Waals surface area contributed by atoms with E-state index in [2.05, 4.69) is 0 Å². The van der Waals surface area contributed by atoms with E-state index >= 15 is 0 Å². The SMILES string of the molecule is CN(C)C(=O)[C@@]12CC[C@@H](C1)C(C)(C)C2=O. The fourth-order valence-corrected chi connectivity index (χ4v) is 3.39. The first-order valence-electron chi connectivity index (χ1n) is 5.59. The highest BCUT2D eigenvalue weighted by Gasteiger charge is 2.65. The molecule has 0 aliphatic heterocycles. The minimum absolute atomic E-state index is 0.0144. The fourth-order valence-electron chi connectivity index (χ4n) is 3.39. The normalized spacial score (nSPS) is 37.1. The Morgan fingerprint density at radius 1 is 1.40 bits per heavy atom. The van der Waals surface area contributed by atoms with Gasteiger partial charge in [-0.3, -0.25) is 9.59 Å². The number of carbonyl (C=O) groups excluding carboxylic acids is 2. The van der Waals surface area contributed by atoms with Gasteiger partial charge >= 0.3 is 0 Å². The van der Waals surface area contributed by atoms with Crippen molar-refractivity contribution in [2.75, 3.05) is 14.1 Å². The quantitative estimate of drug-likeness (QED) is 0.613. The molecule has 3 nitrogen and oxygen atoms in total. The van der Waals surface area contributed by atoms with Crippen molar-refractivity contribution in [3.8, 4) is 0 Å². The standard InChI is InChI=1S/C12H19NO2/c1-11(2)8-5-6-12(7-8,9(11)14)10(15)13(3)4/h8H,5-7H2,1-4H3/t8-,12-/m0/s1. The van der Waals surface area contributed by atoms with Gasteiger partial charge in [0.2, 0.25) is 5.91 Å². The molecule has 2 rings (SSSR count). The van der Waals surface area contributed by atoms with Gasteiger partial charge in [-0.1, -0.05) is 13.8 Å². The zero-order valence-electron chi connectivity index (χ0n) is 9.96. The molecule has 2 fully saturated rings. The van der Waals surface area contributed by atoms with Crippen LogP contribution in [-0.4, -0.2) is 30.7 Å². The molecule has 1 amide bonds. The van der Waals surface area contributed by atoms with Gasteiger partial charge in [0, 0.05) is 19.5 Å². The topological polar surface area (TPSA) is 37.4 Å². The number of fused-ring (bicyclic) bond motifs is 2. The second kappa shape index (κ2) is 2.83. The Hall–Kier alpha value is -0.860. The van der Waals surface area contributed by atoms with Crippen molar-refractivity contribution in [3.63, 3.8) is 0 Å². The predicted molar refractivity (Wildman–Crippen MR) is 57.3 cm³/mol. The Morgan fingerprint density at radius 2 is 2.00 bits per heavy atom. The van der Waals surface area contributed by atoms with Crippen molar-refractivity contribution in [3.05, 3.63) is 0 Å². The van der Waals surface area contributed by atoms with Gasteiger partial charge in [0.1, 0.15) is 5.41 Å². The molecule has 0 saturated heterocycles. The lowest BCUT2D eigenvalue weighted by Crippen LogP contribution is -2.46. The molecule has 3 heteroatoms. The van der Waals surface area contributed by atoms with Gasteiger partial charge in [-0.2, -0.15) is 0 Å². The van der Waals surface area contributed by atoms with Crippen molar-refractivity contribution in [1.29, 1.82) is 0 Å². The molecular weight excluding hydrogens is 190 g/mol. The van der Waals surface area contributed by atoms with E-state index in [1.165, 1.54) is 0 Å². The van der Waals surface area contributed by atoms with Gasteiger partial charge in [0.05, 0.1) is 0 Å². The van der Waals surface area contributed by atoms with Crippen LogP contribution in [0.5, 0.6) is 0 Å². The summed E-state index contributed by atoms with van der Waals surface area (Å²) in [7, 11) is 3.48. The third kappa shape index (κ3) is 1.12. The van der Waals surface area contributed by atoms with Crippen LogP contribution in [0.2, 0.25) is 0 Å². The van der Waals surface area contributed by atoms with E-state index in [0.717, 1.165) is 19.3 Å². The molecule has 0 heterocycles. The molecule has 2 bridgehead atoms. The van der Waals surface area contributed by atoms with Crippen molar-refractivity contribution >= 4 is 11.7 Å². The summed E-state index contributed by atoms with van der Waals surface area (Å²) in [5, 5.41) is 0. The first kappa shape index (κ1) is 10.7. The van der Waals surface area contributed by atoms with Crippen molar-refractivity contribution < 1.29 is 9.59 Å². The molecule has 0 aromatic rings. The maximum atomic E-state index is 12.3. The maximum Gasteiger partial charge on any atom is 0.235 e. The molecule has 2 atom stereocenters. The molecule has 0 aromatic carbocycles. The minimum atomic E-state index is -0.669. The lowest BCUT2D eigenvalue weighted by atomic mass is 9.70. The molecule has 0 spiro atoms. The summed E-state index contributed by atoms with van der Waals surface area (Å²) in [6, 6.07) is 0.